The first-order valence-electron chi connectivity index (χ1n) is 7.42. The SMILES string of the molecule is CN1CCN(S(=O)(=O)c2cc(C#N)ccc2Cl)c2ccccc2C1. The zero-order chi connectivity index (χ0) is 17.3. The van der Waals surface area contributed by atoms with E-state index in [1.807, 2.05) is 31.3 Å². The molecule has 0 radical (unpaired) electrons. The Balaban J connectivity index is 2.16. The van der Waals surface area contributed by atoms with Crippen molar-refractivity contribution in [1.29, 1.82) is 5.26 Å². The van der Waals surface area contributed by atoms with E-state index < -0.39 is 10.0 Å². The Kier molecular flexibility index (Phi) is 4.50. The number of anilines is 1. The lowest BCUT2D eigenvalue weighted by Crippen LogP contribution is -2.35. The number of para-hydroxylation sites is 1. The number of sulfonamides is 1. The Labute approximate surface area is 146 Å². The molecule has 1 aliphatic rings. The van der Waals surface area contributed by atoms with E-state index in [2.05, 4.69) is 4.90 Å². The molecule has 0 aliphatic carbocycles. The zero-order valence-corrected chi connectivity index (χ0v) is 14.7. The van der Waals surface area contributed by atoms with E-state index in [4.69, 9.17) is 16.9 Å². The molecule has 2 aromatic carbocycles. The van der Waals surface area contributed by atoms with Gasteiger partial charge in [-0.25, -0.2) is 8.42 Å². The molecule has 7 heteroatoms. The van der Waals surface area contributed by atoms with Gasteiger partial charge in [0.2, 0.25) is 0 Å². The maximum atomic E-state index is 13.2. The highest BCUT2D eigenvalue weighted by Crippen LogP contribution is 2.32. The van der Waals surface area contributed by atoms with Gasteiger partial charge in [-0.1, -0.05) is 29.8 Å². The normalized spacial score (nSPS) is 15.5. The number of nitriles is 1. The molecule has 2 aromatic rings. The van der Waals surface area contributed by atoms with Crippen LogP contribution in [0.5, 0.6) is 0 Å². The fraction of sp³-hybridized carbons (Fsp3) is 0.235. The summed E-state index contributed by atoms with van der Waals surface area (Å²) in [5.41, 5.74) is 1.85. The van der Waals surface area contributed by atoms with Gasteiger partial charge < -0.3 is 4.90 Å². The van der Waals surface area contributed by atoms with Crippen molar-refractivity contribution in [2.24, 2.45) is 0 Å². The van der Waals surface area contributed by atoms with Crippen molar-refractivity contribution in [3.8, 4) is 6.07 Å². The monoisotopic (exact) mass is 361 g/mol. The van der Waals surface area contributed by atoms with Crippen LogP contribution in [0.1, 0.15) is 11.1 Å². The minimum Gasteiger partial charge on any atom is -0.300 e. The van der Waals surface area contributed by atoms with Gasteiger partial charge in [-0.05, 0) is 36.9 Å². The lowest BCUT2D eigenvalue weighted by atomic mass is 10.2. The van der Waals surface area contributed by atoms with Crippen LogP contribution in [-0.4, -0.2) is 33.5 Å². The van der Waals surface area contributed by atoms with Crippen LogP contribution in [0, 0.1) is 11.3 Å². The molecule has 0 saturated carbocycles. The van der Waals surface area contributed by atoms with Gasteiger partial charge in [-0.3, -0.25) is 4.31 Å². The highest BCUT2D eigenvalue weighted by atomic mass is 35.5. The van der Waals surface area contributed by atoms with Crippen molar-refractivity contribution >= 4 is 27.3 Å². The predicted molar refractivity (Wildman–Crippen MR) is 93.5 cm³/mol. The Bertz CT molecular complexity index is 922. The molecule has 0 unspecified atom stereocenters. The third-order valence-corrected chi connectivity index (χ3v) is 6.31. The molecular weight excluding hydrogens is 346 g/mol. The van der Waals surface area contributed by atoms with E-state index in [-0.39, 0.29) is 15.5 Å². The maximum absolute atomic E-state index is 13.2. The van der Waals surface area contributed by atoms with Crippen LogP contribution in [0.15, 0.2) is 47.4 Å². The molecule has 0 spiro atoms. The second-order valence-electron chi connectivity index (χ2n) is 5.70. The van der Waals surface area contributed by atoms with Crippen LogP contribution in [0.25, 0.3) is 0 Å². The standard InChI is InChI=1S/C17H16ClN3O2S/c1-20-8-9-21(16-5-3-2-4-14(16)12-20)24(22,23)17-10-13(11-19)6-7-15(17)18/h2-7,10H,8-9,12H2,1H3. The molecule has 0 atom stereocenters. The van der Waals surface area contributed by atoms with E-state index in [9.17, 15) is 8.42 Å². The lowest BCUT2D eigenvalue weighted by molar-refractivity contribution is 0.344. The molecule has 0 saturated heterocycles. The summed E-state index contributed by atoms with van der Waals surface area (Å²) in [5, 5.41) is 9.17. The van der Waals surface area contributed by atoms with Crippen LogP contribution in [0.2, 0.25) is 5.02 Å². The molecule has 0 aromatic heterocycles. The molecule has 5 nitrogen and oxygen atoms in total. The molecule has 0 fully saturated rings. The highest BCUT2D eigenvalue weighted by molar-refractivity contribution is 7.93. The fourth-order valence-corrected chi connectivity index (χ4v) is 4.78. The van der Waals surface area contributed by atoms with Crippen LogP contribution in [0.3, 0.4) is 0 Å². The Morgan fingerprint density at radius 3 is 2.67 bits per heavy atom. The average molecular weight is 362 g/mol. The second kappa shape index (κ2) is 6.44. The summed E-state index contributed by atoms with van der Waals surface area (Å²) in [5.74, 6) is 0. The summed E-state index contributed by atoms with van der Waals surface area (Å²) >= 11 is 6.13. The number of fused-ring (bicyclic) bond motifs is 1. The largest absolute Gasteiger partial charge is 0.300 e. The van der Waals surface area contributed by atoms with E-state index in [0.717, 1.165) is 5.56 Å². The number of hydrogen-bond donors (Lipinski definition) is 0. The molecule has 0 N–H and O–H groups in total. The van der Waals surface area contributed by atoms with Gasteiger partial charge in [-0.15, -0.1) is 0 Å². The summed E-state index contributed by atoms with van der Waals surface area (Å²) < 4.78 is 27.8. The summed E-state index contributed by atoms with van der Waals surface area (Å²) in [4.78, 5) is 2.03. The first-order chi connectivity index (χ1) is 11.4. The van der Waals surface area contributed by atoms with Crippen LogP contribution in [-0.2, 0) is 16.6 Å². The number of benzene rings is 2. The minimum absolute atomic E-state index is 0.0393. The zero-order valence-electron chi connectivity index (χ0n) is 13.1. The summed E-state index contributed by atoms with van der Waals surface area (Å²) in [6.45, 7) is 1.60. The highest BCUT2D eigenvalue weighted by Gasteiger charge is 2.30. The summed E-state index contributed by atoms with van der Waals surface area (Å²) in [6, 6.07) is 13.7. The third-order valence-electron chi connectivity index (χ3n) is 4.01. The molecule has 1 heterocycles. The minimum atomic E-state index is -3.86. The van der Waals surface area contributed by atoms with E-state index in [1.54, 1.807) is 6.07 Å². The van der Waals surface area contributed by atoms with Gasteiger partial charge >= 0.3 is 0 Å². The van der Waals surface area contributed by atoms with Gasteiger partial charge in [0.25, 0.3) is 10.0 Å². The fourth-order valence-electron chi connectivity index (χ4n) is 2.78. The molecule has 0 bridgehead atoms. The smallest absolute Gasteiger partial charge is 0.265 e. The molecule has 1 aliphatic heterocycles. The summed E-state index contributed by atoms with van der Waals surface area (Å²) in [7, 11) is -1.91. The molecule has 124 valence electrons. The molecule has 3 rings (SSSR count). The van der Waals surface area contributed by atoms with Crippen LogP contribution >= 0.6 is 11.6 Å². The quantitative estimate of drug-likeness (QED) is 0.825. The molecule has 24 heavy (non-hydrogen) atoms. The van der Waals surface area contributed by atoms with E-state index in [0.29, 0.717) is 25.3 Å². The second-order valence-corrected chi connectivity index (χ2v) is 7.94. The van der Waals surface area contributed by atoms with E-state index >= 15 is 0 Å². The van der Waals surface area contributed by atoms with Gasteiger partial charge in [0, 0.05) is 19.6 Å². The number of nitrogens with zero attached hydrogens (tertiary/aromatic N) is 3. The first kappa shape index (κ1) is 16.8. The van der Waals surface area contributed by atoms with Crippen molar-refractivity contribution in [3.63, 3.8) is 0 Å². The van der Waals surface area contributed by atoms with E-state index in [1.165, 1.54) is 22.5 Å². The van der Waals surface area contributed by atoms with Crippen molar-refractivity contribution in [2.45, 2.75) is 11.4 Å². The number of hydrogen-bond acceptors (Lipinski definition) is 4. The van der Waals surface area contributed by atoms with Crippen molar-refractivity contribution in [3.05, 3.63) is 58.6 Å². The first-order valence-corrected chi connectivity index (χ1v) is 9.24. The Hall–Kier alpha value is -2.07. The lowest BCUT2D eigenvalue weighted by Gasteiger charge is -2.25. The van der Waals surface area contributed by atoms with Gasteiger partial charge in [-0.2, -0.15) is 5.26 Å². The topological polar surface area (TPSA) is 64.4 Å². The molecular formula is C17H16ClN3O2S. The van der Waals surface area contributed by atoms with Crippen LogP contribution in [0.4, 0.5) is 5.69 Å². The predicted octanol–water partition coefficient (Wildman–Crippen LogP) is 2.85. The maximum Gasteiger partial charge on any atom is 0.265 e. The van der Waals surface area contributed by atoms with Crippen molar-refractivity contribution in [2.75, 3.05) is 24.4 Å². The number of halogens is 1. The Morgan fingerprint density at radius 1 is 1.17 bits per heavy atom. The average Bonchev–Trinajstić information content (AvgIpc) is 2.73. The van der Waals surface area contributed by atoms with Gasteiger partial charge in [0.05, 0.1) is 22.3 Å². The Morgan fingerprint density at radius 2 is 1.92 bits per heavy atom. The third kappa shape index (κ3) is 2.98. The van der Waals surface area contributed by atoms with Gasteiger partial charge in [0.15, 0.2) is 0 Å². The summed E-state index contributed by atoms with van der Waals surface area (Å²) in [6.07, 6.45) is 0. The van der Waals surface area contributed by atoms with Crippen molar-refractivity contribution < 1.29 is 8.42 Å². The number of likely N-dealkylation sites (N-methyl/N-ethyl adjacent to an activating group) is 1. The van der Waals surface area contributed by atoms with Crippen molar-refractivity contribution in [1.82, 2.24) is 4.90 Å². The molecule has 0 amide bonds. The van der Waals surface area contributed by atoms with Crippen LogP contribution < -0.4 is 4.31 Å². The van der Waals surface area contributed by atoms with Gasteiger partial charge in [0.1, 0.15) is 4.90 Å². The number of rotatable bonds is 2.